The van der Waals surface area contributed by atoms with Crippen LogP contribution in [0.15, 0.2) is 30.3 Å². The van der Waals surface area contributed by atoms with Crippen LogP contribution in [-0.2, 0) is 14.3 Å². The monoisotopic (exact) mass is 276 g/mol. The van der Waals surface area contributed by atoms with Crippen molar-refractivity contribution >= 4 is 17.8 Å². The van der Waals surface area contributed by atoms with Gasteiger partial charge in [-0.2, -0.15) is 0 Å². The second-order valence-electron chi connectivity index (χ2n) is 4.49. The number of rotatable bonds is 5. The van der Waals surface area contributed by atoms with Crippen LogP contribution in [0.2, 0.25) is 0 Å². The van der Waals surface area contributed by atoms with Gasteiger partial charge < -0.3 is 4.74 Å². The second kappa shape index (κ2) is 5.83. The van der Waals surface area contributed by atoms with Crippen molar-refractivity contribution in [1.29, 1.82) is 0 Å². The minimum Gasteiger partial charge on any atom is -0.383 e. The molecular weight excluding hydrogens is 260 g/mol. The number of urea groups is 1. The highest BCUT2D eigenvalue weighted by molar-refractivity contribution is 6.44. The number of ether oxygens (including phenoxy) is 1. The van der Waals surface area contributed by atoms with E-state index < -0.39 is 23.9 Å². The summed E-state index contributed by atoms with van der Waals surface area (Å²) in [5.41, 5.74) is 0.801. The molecule has 2 rings (SSSR count). The first-order valence-electron chi connectivity index (χ1n) is 6.30. The van der Waals surface area contributed by atoms with Gasteiger partial charge in [-0.05, 0) is 12.5 Å². The van der Waals surface area contributed by atoms with Crippen LogP contribution >= 0.6 is 0 Å². The van der Waals surface area contributed by atoms with E-state index >= 15 is 0 Å². The van der Waals surface area contributed by atoms with Crippen LogP contribution in [0.4, 0.5) is 4.79 Å². The Bertz CT molecular complexity index is 529. The molecule has 1 atom stereocenters. The number of methoxy groups -OCH3 is 1. The average Bonchev–Trinajstić information content (AvgIpc) is 2.68. The molecule has 6 heteroatoms. The molecule has 0 spiro atoms. The molecule has 1 aromatic rings. The predicted octanol–water partition coefficient (Wildman–Crippen LogP) is 1.18. The molecule has 20 heavy (non-hydrogen) atoms. The van der Waals surface area contributed by atoms with Crippen LogP contribution < -0.4 is 0 Å². The van der Waals surface area contributed by atoms with Gasteiger partial charge in [-0.3, -0.25) is 14.5 Å². The number of carbonyl (C=O) groups is 3. The largest absolute Gasteiger partial charge is 0.383 e. The lowest BCUT2D eigenvalue weighted by molar-refractivity contribution is -0.144. The summed E-state index contributed by atoms with van der Waals surface area (Å²) in [7, 11) is 1.47. The highest BCUT2D eigenvalue weighted by Gasteiger charge is 2.46. The maximum Gasteiger partial charge on any atom is 0.334 e. The molecule has 1 aromatic carbocycles. The molecule has 4 amide bonds. The lowest BCUT2D eigenvalue weighted by Gasteiger charge is -2.22. The topological polar surface area (TPSA) is 66.9 Å². The van der Waals surface area contributed by atoms with Gasteiger partial charge in [0, 0.05) is 7.11 Å². The first-order valence-corrected chi connectivity index (χ1v) is 6.30. The molecule has 0 bridgehead atoms. The zero-order chi connectivity index (χ0) is 14.7. The van der Waals surface area contributed by atoms with Crippen molar-refractivity contribution in [2.45, 2.75) is 13.0 Å². The Morgan fingerprint density at radius 3 is 2.35 bits per heavy atom. The summed E-state index contributed by atoms with van der Waals surface area (Å²) in [6.07, 6.45) is 0. The number of hydrogen-bond acceptors (Lipinski definition) is 4. The summed E-state index contributed by atoms with van der Waals surface area (Å²) >= 11 is 0. The van der Waals surface area contributed by atoms with E-state index in [1.165, 1.54) is 7.11 Å². The third-order valence-electron chi connectivity index (χ3n) is 3.27. The van der Waals surface area contributed by atoms with Crippen LogP contribution in [0, 0.1) is 0 Å². The number of carbonyl (C=O) groups excluding carboxylic acids is 3. The predicted molar refractivity (Wildman–Crippen MR) is 70.7 cm³/mol. The molecule has 1 heterocycles. The minimum atomic E-state index is -0.796. The molecule has 1 saturated heterocycles. The molecule has 0 aliphatic carbocycles. The van der Waals surface area contributed by atoms with Crippen molar-refractivity contribution in [1.82, 2.24) is 9.80 Å². The van der Waals surface area contributed by atoms with Crippen molar-refractivity contribution in [2.75, 3.05) is 20.3 Å². The lowest BCUT2D eigenvalue weighted by Crippen LogP contribution is -2.36. The van der Waals surface area contributed by atoms with Crippen LogP contribution in [-0.4, -0.2) is 47.9 Å². The van der Waals surface area contributed by atoms with Crippen molar-refractivity contribution in [3.63, 3.8) is 0 Å². The van der Waals surface area contributed by atoms with Gasteiger partial charge >= 0.3 is 17.8 Å². The van der Waals surface area contributed by atoms with Gasteiger partial charge in [-0.1, -0.05) is 30.3 Å². The fraction of sp³-hybridized carbons (Fsp3) is 0.357. The van der Waals surface area contributed by atoms with Gasteiger partial charge in [-0.15, -0.1) is 0 Å². The SMILES string of the molecule is COCCN1C(=O)C(=O)N(C(C)c2ccccc2)C1=O. The highest BCUT2D eigenvalue weighted by atomic mass is 16.5. The normalized spacial score (nSPS) is 17.0. The van der Waals surface area contributed by atoms with Gasteiger partial charge in [0.1, 0.15) is 0 Å². The Hall–Kier alpha value is -2.21. The molecule has 0 radical (unpaired) electrons. The summed E-state index contributed by atoms with van der Waals surface area (Å²) in [5, 5.41) is 0. The molecule has 1 fully saturated rings. The molecule has 1 unspecified atom stereocenters. The summed E-state index contributed by atoms with van der Waals surface area (Å²) in [5.74, 6) is -1.59. The Kier molecular flexibility index (Phi) is 4.14. The quantitative estimate of drug-likeness (QED) is 0.598. The average molecular weight is 276 g/mol. The molecule has 106 valence electrons. The first kappa shape index (κ1) is 14.2. The van der Waals surface area contributed by atoms with E-state index in [1.807, 2.05) is 30.3 Å². The number of nitrogens with zero attached hydrogens (tertiary/aromatic N) is 2. The fourth-order valence-electron chi connectivity index (χ4n) is 2.12. The molecule has 1 aliphatic heterocycles. The van der Waals surface area contributed by atoms with Gasteiger partial charge in [-0.25, -0.2) is 9.69 Å². The van der Waals surface area contributed by atoms with Gasteiger partial charge in [0.05, 0.1) is 19.2 Å². The zero-order valence-corrected chi connectivity index (χ0v) is 11.4. The Morgan fingerprint density at radius 2 is 1.75 bits per heavy atom. The van der Waals surface area contributed by atoms with Crippen LogP contribution in [0.5, 0.6) is 0 Å². The van der Waals surface area contributed by atoms with Crippen molar-refractivity contribution in [2.24, 2.45) is 0 Å². The summed E-state index contributed by atoms with van der Waals surface area (Å²) < 4.78 is 4.84. The molecule has 0 aromatic heterocycles. The Morgan fingerprint density at radius 1 is 1.10 bits per heavy atom. The van der Waals surface area contributed by atoms with Gasteiger partial charge in [0.2, 0.25) is 0 Å². The number of amides is 4. The third-order valence-corrected chi connectivity index (χ3v) is 3.27. The molecular formula is C14H16N2O4. The van der Waals surface area contributed by atoms with Crippen LogP contribution in [0.3, 0.4) is 0 Å². The van der Waals surface area contributed by atoms with Crippen LogP contribution in [0.1, 0.15) is 18.5 Å². The van der Waals surface area contributed by atoms with Crippen molar-refractivity contribution in [3.05, 3.63) is 35.9 Å². The van der Waals surface area contributed by atoms with E-state index in [9.17, 15) is 14.4 Å². The molecule has 1 aliphatic rings. The van der Waals surface area contributed by atoms with E-state index in [1.54, 1.807) is 6.92 Å². The van der Waals surface area contributed by atoms with Crippen LogP contribution in [0.25, 0.3) is 0 Å². The smallest absolute Gasteiger partial charge is 0.334 e. The molecule has 0 saturated carbocycles. The lowest BCUT2D eigenvalue weighted by atomic mass is 10.1. The van der Waals surface area contributed by atoms with E-state index in [0.29, 0.717) is 0 Å². The number of benzene rings is 1. The molecule has 6 nitrogen and oxygen atoms in total. The first-order chi connectivity index (χ1) is 9.57. The Balaban J connectivity index is 2.22. The summed E-state index contributed by atoms with van der Waals surface area (Å²) in [6, 6.07) is 8.05. The number of hydrogen-bond donors (Lipinski definition) is 0. The van der Waals surface area contributed by atoms with E-state index in [4.69, 9.17) is 4.74 Å². The van der Waals surface area contributed by atoms with Gasteiger partial charge in [0.15, 0.2) is 0 Å². The van der Waals surface area contributed by atoms with Crippen molar-refractivity contribution in [3.8, 4) is 0 Å². The van der Waals surface area contributed by atoms with Crippen molar-refractivity contribution < 1.29 is 19.1 Å². The standard InChI is InChI=1S/C14H16N2O4/c1-10(11-6-4-3-5-7-11)16-13(18)12(17)15(14(16)19)8-9-20-2/h3-7,10H,8-9H2,1-2H3. The zero-order valence-electron chi connectivity index (χ0n) is 11.4. The maximum absolute atomic E-state index is 12.2. The minimum absolute atomic E-state index is 0.0813. The summed E-state index contributed by atoms with van der Waals surface area (Å²) in [6.45, 7) is 2.01. The van der Waals surface area contributed by atoms with E-state index in [0.717, 1.165) is 15.4 Å². The second-order valence-corrected chi connectivity index (χ2v) is 4.49. The fourth-order valence-corrected chi connectivity index (χ4v) is 2.12. The third kappa shape index (κ3) is 2.42. The van der Waals surface area contributed by atoms with E-state index in [-0.39, 0.29) is 13.2 Å². The molecule has 0 N–H and O–H groups in total. The van der Waals surface area contributed by atoms with Gasteiger partial charge in [0.25, 0.3) is 0 Å². The maximum atomic E-state index is 12.2. The Labute approximate surface area is 116 Å². The highest BCUT2D eigenvalue weighted by Crippen LogP contribution is 2.25. The number of imide groups is 2. The summed E-state index contributed by atoms with van der Waals surface area (Å²) in [4.78, 5) is 37.9. The van der Waals surface area contributed by atoms with E-state index in [2.05, 4.69) is 0 Å².